The van der Waals surface area contributed by atoms with Crippen molar-refractivity contribution in [2.24, 2.45) is 0 Å². The molecule has 0 unspecified atom stereocenters. The quantitative estimate of drug-likeness (QED) is 0.648. The Bertz CT molecular complexity index is 587. The molecule has 1 fully saturated rings. The molecule has 7 heteroatoms. The number of amides is 1. The van der Waals surface area contributed by atoms with Gasteiger partial charge < -0.3 is 14.8 Å². The molecule has 1 saturated heterocycles. The van der Waals surface area contributed by atoms with E-state index in [0.29, 0.717) is 22.3 Å². The van der Waals surface area contributed by atoms with Gasteiger partial charge in [-0.2, -0.15) is 0 Å². The fourth-order valence-electron chi connectivity index (χ4n) is 1.62. The van der Waals surface area contributed by atoms with Crippen LogP contribution in [0.3, 0.4) is 0 Å². The number of hydrogen-bond donors (Lipinski definition) is 2. The molecule has 1 heterocycles. The Hall–Kier alpha value is -1.60. The SMILES string of the molecule is COc1cc(Br)c(C=C2NC(=S)NC2=O)cc1OC. The molecule has 100 valence electrons. The van der Waals surface area contributed by atoms with Crippen LogP contribution in [0.4, 0.5) is 0 Å². The van der Waals surface area contributed by atoms with Crippen LogP contribution in [0.5, 0.6) is 11.5 Å². The van der Waals surface area contributed by atoms with Gasteiger partial charge in [-0.15, -0.1) is 0 Å². The van der Waals surface area contributed by atoms with Gasteiger partial charge in [0.2, 0.25) is 0 Å². The molecular formula is C12H11BrN2O3S. The van der Waals surface area contributed by atoms with E-state index < -0.39 is 0 Å². The summed E-state index contributed by atoms with van der Waals surface area (Å²) in [6.07, 6.45) is 1.68. The predicted octanol–water partition coefficient (Wildman–Crippen LogP) is 1.81. The third kappa shape index (κ3) is 2.87. The number of hydrogen-bond acceptors (Lipinski definition) is 4. The first-order chi connectivity index (χ1) is 9.05. The van der Waals surface area contributed by atoms with Crippen molar-refractivity contribution in [3.63, 3.8) is 0 Å². The summed E-state index contributed by atoms with van der Waals surface area (Å²) in [7, 11) is 3.12. The fraction of sp³-hybridized carbons (Fsp3) is 0.167. The fourth-order valence-corrected chi connectivity index (χ4v) is 2.26. The number of halogens is 1. The lowest BCUT2D eigenvalue weighted by atomic mass is 10.1. The minimum absolute atomic E-state index is 0.258. The first kappa shape index (κ1) is 13.8. The number of carbonyl (C=O) groups excluding carboxylic acids is 1. The van der Waals surface area contributed by atoms with Crippen molar-refractivity contribution >= 4 is 45.2 Å². The van der Waals surface area contributed by atoms with Gasteiger partial charge in [0, 0.05) is 4.47 Å². The van der Waals surface area contributed by atoms with E-state index in [9.17, 15) is 4.79 Å². The number of nitrogens with one attached hydrogen (secondary N) is 2. The second kappa shape index (κ2) is 5.58. The lowest BCUT2D eigenvalue weighted by Crippen LogP contribution is -2.21. The second-order valence-corrected chi connectivity index (χ2v) is 4.96. The normalized spacial score (nSPS) is 16.3. The van der Waals surface area contributed by atoms with E-state index in [1.165, 1.54) is 0 Å². The van der Waals surface area contributed by atoms with Crippen molar-refractivity contribution in [1.29, 1.82) is 0 Å². The van der Waals surface area contributed by atoms with E-state index in [4.69, 9.17) is 21.7 Å². The van der Waals surface area contributed by atoms with Gasteiger partial charge >= 0.3 is 0 Å². The average molecular weight is 343 g/mol. The third-order valence-electron chi connectivity index (χ3n) is 2.52. The van der Waals surface area contributed by atoms with Gasteiger partial charge in [-0.1, -0.05) is 15.9 Å². The molecule has 0 bridgehead atoms. The van der Waals surface area contributed by atoms with Crippen LogP contribution >= 0.6 is 28.1 Å². The molecule has 0 aliphatic carbocycles. The Kier molecular flexibility index (Phi) is 4.06. The highest BCUT2D eigenvalue weighted by atomic mass is 79.9. The largest absolute Gasteiger partial charge is 0.493 e. The van der Waals surface area contributed by atoms with Gasteiger partial charge in [-0.25, -0.2) is 0 Å². The van der Waals surface area contributed by atoms with Crippen LogP contribution in [-0.4, -0.2) is 25.2 Å². The van der Waals surface area contributed by atoms with Crippen LogP contribution in [0.1, 0.15) is 5.56 Å². The van der Waals surface area contributed by atoms with Crippen LogP contribution in [0.2, 0.25) is 0 Å². The Morgan fingerprint density at radius 1 is 1.21 bits per heavy atom. The Balaban J connectivity index is 2.43. The van der Waals surface area contributed by atoms with Crippen molar-refractivity contribution in [2.45, 2.75) is 0 Å². The summed E-state index contributed by atoms with van der Waals surface area (Å²) in [5, 5.41) is 5.58. The van der Waals surface area contributed by atoms with Gasteiger partial charge in [0.1, 0.15) is 5.70 Å². The van der Waals surface area contributed by atoms with Gasteiger partial charge in [0.25, 0.3) is 5.91 Å². The van der Waals surface area contributed by atoms with Gasteiger partial charge in [0.05, 0.1) is 14.2 Å². The van der Waals surface area contributed by atoms with Crippen molar-refractivity contribution in [2.75, 3.05) is 14.2 Å². The van der Waals surface area contributed by atoms with Crippen molar-refractivity contribution in [1.82, 2.24) is 10.6 Å². The smallest absolute Gasteiger partial charge is 0.273 e. The summed E-state index contributed by atoms with van der Waals surface area (Å²) < 4.78 is 11.2. The van der Waals surface area contributed by atoms with E-state index in [2.05, 4.69) is 26.6 Å². The van der Waals surface area contributed by atoms with Crippen LogP contribution < -0.4 is 20.1 Å². The van der Waals surface area contributed by atoms with Crippen molar-refractivity contribution < 1.29 is 14.3 Å². The second-order valence-electron chi connectivity index (χ2n) is 3.69. The van der Waals surface area contributed by atoms with E-state index in [1.807, 2.05) is 0 Å². The summed E-state index contributed by atoms with van der Waals surface area (Å²) in [5.41, 5.74) is 1.16. The Labute approximate surface area is 124 Å². The highest BCUT2D eigenvalue weighted by Crippen LogP contribution is 2.34. The van der Waals surface area contributed by atoms with Gasteiger partial charge in [-0.05, 0) is 36.0 Å². The number of ether oxygens (including phenoxy) is 2. The minimum atomic E-state index is -0.258. The first-order valence-corrected chi connectivity index (χ1v) is 6.51. The summed E-state index contributed by atoms with van der Waals surface area (Å²) in [6.45, 7) is 0. The standard InChI is InChI=1S/C12H11BrN2O3S/c1-17-9-4-6(7(13)5-10(9)18-2)3-8-11(16)15-12(19)14-8/h3-5H,1-2H3,(H2,14,15,16,19). The molecule has 1 aliphatic rings. The molecule has 0 radical (unpaired) electrons. The van der Waals surface area contributed by atoms with Crippen molar-refractivity contribution in [3.8, 4) is 11.5 Å². The summed E-state index contributed by atoms with van der Waals surface area (Å²) >= 11 is 8.29. The maximum Gasteiger partial charge on any atom is 0.273 e. The molecular weight excluding hydrogens is 332 g/mol. The molecule has 0 spiro atoms. The lowest BCUT2D eigenvalue weighted by Gasteiger charge is -2.10. The molecule has 1 amide bonds. The van der Waals surface area contributed by atoms with Crippen molar-refractivity contribution in [3.05, 3.63) is 27.9 Å². The van der Waals surface area contributed by atoms with E-state index in [-0.39, 0.29) is 5.91 Å². The molecule has 0 atom stereocenters. The zero-order valence-corrected chi connectivity index (χ0v) is 12.6. The summed E-state index contributed by atoms with van der Waals surface area (Å²) in [6, 6.07) is 3.54. The van der Waals surface area contributed by atoms with E-state index in [0.717, 1.165) is 10.0 Å². The van der Waals surface area contributed by atoms with Crippen LogP contribution in [-0.2, 0) is 4.79 Å². The molecule has 5 nitrogen and oxygen atoms in total. The maximum atomic E-state index is 11.6. The monoisotopic (exact) mass is 342 g/mol. The zero-order chi connectivity index (χ0) is 14.0. The molecule has 1 aliphatic heterocycles. The molecule has 1 aromatic rings. The highest BCUT2D eigenvalue weighted by molar-refractivity contribution is 9.10. The number of thiocarbonyl (C=S) groups is 1. The molecule has 2 N–H and O–H groups in total. The van der Waals surface area contributed by atoms with E-state index in [1.54, 1.807) is 32.4 Å². The van der Waals surface area contributed by atoms with Gasteiger partial charge in [0.15, 0.2) is 16.6 Å². The number of rotatable bonds is 3. The summed E-state index contributed by atoms with van der Waals surface area (Å²) in [5.74, 6) is 0.932. The molecule has 2 rings (SSSR count). The molecule has 19 heavy (non-hydrogen) atoms. The number of benzene rings is 1. The van der Waals surface area contributed by atoms with Crippen LogP contribution in [0.25, 0.3) is 6.08 Å². The first-order valence-electron chi connectivity index (χ1n) is 5.30. The third-order valence-corrected chi connectivity index (χ3v) is 3.41. The molecule has 0 saturated carbocycles. The Morgan fingerprint density at radius 2 is 1.84 bits per heavy atom. The molecule has 0 aromatic heterocycles. The number of carbonyl (C=O) groups is 1. The maximum absolute atomic E-state index is 11.6. The van der Waals surface area contributed by atoms with Gasteiger partial charge in [-0.3, -0.25) is 10.1 Å². The topological polar surface area (TPSA) is 59.6 Å². The van der Waals surface area contributed by atoms with Crippen LogP contribution in [0.15, 0.2) is 22.3 Å². The minimum Gasteiger partial charge on any atom is -0.493 e. The highest BCUT2D eigenvalue weighted by Gasteiger charge is 2.20. The molecule has 1 aromatic carbocycles. The number of methoxy groups -OCH3 is 2. The summed E-state index contributed by atoms with van der Waals surface area (Å²) in [4.78, 5) is 11.6. The predicted molar refractivity (Wildman–Crippen MR) is 79.1 cm³/mol. The lowest BCUT2D eigenvalue weighted by molar-refractivity contribution is -0.115. The zero-order valence-electron chi connectivity index (χ0n) is 10.2. The average Bonchev–Trinajstić information content (AvgIpc) is 2.69. The Morgan fingerprint density at radius 3 is 2.37 bits per heavy atom. The van der Waals surface area contributed by atoms with Crippen LogP contribution in [0, 0.1) is 0 Å². The van der Waals surface area contributed by atoms with E-state index >= 15 is 0 Å².